The van der Waals surface area contributed by atoms with E-state index in [-0.39, 0.29) is 11.6 Å². The van der Waals surface area contributed by atoms with Crippen molar-refractivity contribution in [3.63, 3.8) is 0 Å². The maximum Gasteiger partial charge on any atom is 0.193 e. The molecule has 0 fully saturated rings. The number of halogens is 1. The number of aryl methyl sites for hydroxylation is 3. The van der Waals surface area contributed by atoms with Crippen LogP contribution in [0.25, 0.3) is 0 Å². The number of benzene rings is 2. The summed E-state index contributed by atoms with van der Waals surface area (Å²) >= 11 is 0. The molecule has 0 aliphatic heterocycles. The minimum Gasteiger partial charge on any atom is -0.399 e. The molecular weight excluding hydrogens is 241 g/mol. The van der Waals surface area contributed by atoms with Gasteiger partial charge in [-0.3, -0.25) is 4.79 Å². The van der Waals surface area contributed by atoms with Crippen LogP contribution in [0.1, 0.15) is 32.6 Å². The van der Waals surface area contributed by atoms with Crippen molar-refractivity contribution >= 4 is 11.5 Å². The molecule has 0 saturated carbocycles. The summed E-state index contributed by atoms with van der Waals surface area (Å²) in [6.45, 7) is 5.20. The quantitative estimate of drug-likeness (QED) is 0.660. The Labute approximate surface area is 112 Å². The zero-order chi connectivity index (χ0) is 14.2. The van der Waals surface area contributed by atoms with E-state index in [0.717, 1.165) is 5.56 Å². The zero-order valence-electron chi connectivity index (χ0n) is 11.3. The van der Waals surface area contributed by atoms with Gasteiger partial charge in [0.2, 0.25) is 0 Å². The zero-order valence-corrected chi connectivity index (χ0v) is 11.3. The highest BCUT2D eigenvalue weighted by molar-refractivity contribution is 6.09. The molecule has 0 aliphatic carbocycles. The molecule has 0 bridgehead atoms. The predicted octanol–water partition coefficient (Wildman–Crippen LogP) is 3.56. The summed E-state index contributed by atoms with van der Waals surface area (Å²) in [6, 6.07) is 8.38. The molecule has 98 valence electrons. The van der Waals surface area contributed by atoms with Gasteiger partial charge >= 0.3 is 0 Å². The third-order valence-electron chi connectivity index (χ3n) is 3.06. The first-order valence-corrected chi connectivity index (χ1v) is 6.07. The molecule has 2 rings (SSSR count). The van der Waals surface area contributed by atoms with Crippen LogP contribution in [-0.2, 0) is 0 Å². The van der Waals surface area contributed by atoms with E-state index in [2.05, 4.69) is 0 Å². The second-order valence-corrected chi connectivity index (χ2v) is 4.89. The van der Waals surface area contributed by atoms with Crippen LogP contribution < -0.4 is 5.73 Å². The summed E-state index contributed by atoms with van der Waals surface area (Å²) in [5.74, 6) is -0.401. The Balaban J connectivity index is 2.50. The number of rotatable bonds is 2. The van der Waals surface area contributed by atoms with Crippen LogP contribution in [0.2, 0.25) is 0 Å². The molecular formula is C16H16FNO. The number of carbonyl (C=O) groups is 1. The van der Waals surface area contributed by atoms with Crippen molar-refractivity contribution in [2.75, 3.05) is 5.73 Å². The summed E-state index contributed by atoms with van der Waals surface area (Å²) in [4.78, 5) is 12.4. The normalized spacial score (nSPS) is 10.5. The standard InChI is InChI=1S/C16H16FNO/c1-9-4-12(8-14(18)5-9)16(19)13-6-10(2)15(17)11(3)7-13/h4-8H,18H2,1-3H3. The molecule has 0 heterocycles. The SMILES string of the molecule is Cc1cc(N)cc(C(=O)c2cc(C)c(F)c(C)c2)c1. The molecule has 2 nitrogen and oxygen atoms in total. The average Bonchev–Trinajstić information content (AvgIpc) is 2.33. The van der Waals surface area contributed by atoms with Gasteiger partial charge in [0.25, 0.3) is 0 Å². The number of hydrogen-bond donors (Lipinski definition) is 1. The second-order valence-electron chi connectivity index (χ2n) is 4.89. The molecule has 0 unspecified atom stereocenters. The highest BCUT2D eigenvalue weighted by Gasteiger charge is 2.13. The highest BCUT2D eigenvalue weighted by atomic mass is 19.1. The van der Waals surface area contributed by atoms with Gasteiger partial charge in [-0.25, -0.2) is 4.39 Å². The fourth-order valence-corrected chi connectivity index (χ4v) is 2.19. The number of carbonyl (C=O) groups excluding carboxylic acids is 1. The summed E-state index contributed by atoms with van der Waals surface area (Å²) in [5, 5.41) is 0. The third kappa shape index (κ3) is 2.65. The Morgan fingerprint density at radius 1 is 0.947 bits per heavy atom. The topological polar surface area (TPSA) is 43.1 Å². The number of anilines is 1. The molecule has 2 aromatic carbocycles. The molecule has 0 aliphatic rings. The number of ketones is 1. The predicted molar refractivity (Wildman–Crippen MR) is 74.9 cm³/mol. The van der Waals surface area contributed by atoms with E-state index in [0.29, 0.717) is 27.9 Å². The van der Waals surface area contributed by atoms with Crippen molar-refractivity contribution in [3.05, 3.63) is 64.0 Å². The van der Waals surface area contributed by atoms with E-state index in [9.17, 15) is 9.18 Å². The van der Waals surface area contributed by atoms with Gasteiger partial charge in [-0.05, 0) is 67.8 Å². The minimum atomic E-state index is -0.264. The number of nitrogens with two attached hydrogens (primary N) is 1. The van der Waals surface area contributed by atoms with E-state index in [1.807, 2.05) is 6.92 Å². The molecule has 0 aromatic heterocycles. The first kappa shape index (κ1) is 13.3. The fraction of sp³-hybridized carbons (Fsp3) is 0.188. The van der Waals surface area contributed by atoms with Crippen LogP contribution in [0.3, 0.4) is 0 Å². The monoisotopic (exact) mass is 257 g/mol. The van der Waals surface area contributed by atoms with Crippen LogP contribution in [0.4, 0.5) is 10.1 Å². The van der Waals surface area contributed by atoms with Crippen molar-refractivity contribution in [3.8, 4) is 0 Å². The molecule has 0 radical (unpaired) electrons. The Bertz CT molecular complexity index is 619. The van der Waals surface area contributed by atoms with Crippen LogP contribution in [0.15, 0.2) is 30.3 Å². The van der Waals surface area contributed by atoms with Crippen molar-refractivity contribution in [2.24, 2.45) is 0 Å². The molecule has 0 amide bonds. The van der Waals surface area contributed by atoms with E-state index >= 15 is 0 Å². The Morgan fingerprint density at radius 2 is 1.47 bits per heavy atom. The van der Waals surface area contributed by atoms with Crippen molar-refractivity contribution < 1.29 is 9.18 Å². The largest absolute Gasteiger partial charge is 0.399 e. The van der Waals surface area contributed by atoms with Crippen LogP contribution in [0.5, 0.6) is 0 Å². The molecule has 2 N–H and O–H groups in total. The summed E-state index contributed by atoms with van der Waals surface area (Å²) in [7, 11) is 0. The molecule has 19 heavy (non-hydrogen) atoms. The van der Waals surface area contributed by atoms with Crippen LogP contribution in [-0.4, -0.2) is 5.78 Å². The fourth-order valence-electron chi connectivity index (χ4n) is 2.19. The van der Waals surface area contributed by atoms with Crippen LogP contribution >= 0.6 is 0 Å². The highest BCUT2D eigenvalue weighted by Crippen LogP contribution is 2.19. The van der Waals surface area contributed by atoms with Gasteiger partial charge in [0, 0.05) is 16.8 Å². The lowest BCUT2D eigenvalue weighted by Gasteiger charge is -2.08. The molecule has 3 heteroatoms. The Hall–Kier alpha value is -2.16. The van der Waals surface area contributed by atoms with Gasteiger partial charge in [-0.2, -0.15) is 0 Å². The maximum absolute atomic E-state index is 13.6. The summed E-state index contributed by atoms with van der Waals surface area (Å²) < 4.78 is 13.6. The lowest BCUT2D eigenvalue weighted by Crippen LogP contribution is -2.05. The van der Waals surface area contributed by atoms with Gasteiger partial charge in [-0.1, -0.05) is 0 Å². The Kier molecular flexibility index (Phi) is 3.38. The van der Waals surface area contributed by atoms with Crippen molar-refractivity contribution in [2.45, 2.75) is 20.8 Å². The van der Waals surface area contributed by atoms with Crippen molar-refractivity contribution in [1.29, 1.82) is 0 Å². The first-order valence-electron chi connectivity index (χ1n) is 6.07. The average molecular weight is 257 g/mol. The molecule has 0 saturated heterocycles. The molecule has 2 aromatic rings. The Morgan fingerprint density at radius 3 is 2.00 bits per heavy atom. The van der Waals surface area contributed by atoms with Crippen LogP contribution in [0, 0.1) is 26.6 Å². The van der Waals surface area contributed by atoms with E-state index in [4.69, 9.17) is 5.73 Å². The summed E-state index contributed by atoms with van der Waals surface area (Å²) in [6.07, 6.45) is 0. The third-order valence-corrected chi connectivity index (χ3v) is 3.06. The van der Waals surface area contributed by atoms with Gasteiger partial charge < -0.3 is 5.73 Å². The van der Waals surface area contributed by atoms with Gasteiger partial charge in [-0.15, -0.1) is 0 Å². The lowest BCUT2D eigenvalue weighted by atomic mass is 9.97. The van der Waals surface area contributed by atoms with Crippen molar-refractivity contribution in [1.82, 2.24) is 0 Å². The van der Waals surface area contributed by atoms with Gasteiger partial charge in [0.15, 0.2) is 5.78 Å². The molecule has 0 spiro atoms. The van der Waals surface area contributed by atoms with E-state index in [1.165, 1.54) is 0 Å². The smallest absolute Gasteiger partial charge is 0.193 e. The maximum atomic E-state index is 13.6. The number of nitrogen functional groups attached to an aromatic ring is 1. The summed E-state index contributed by atoms with van der Waals surface area (Å²) in [5.41, 5.74) is 9.20. The second kappa shape index (κ2) is 4.84. The number of hydrogen-bond acceptors (Lipinski definition) is 2. The van der Waals surface area contributed by atoms with Gasteiger partial charge in [0.05, 0.1) is 0 Å². The molecule has 0 atom stereocenters. The van der Waals surface area contributed by atoms with E-state index < -0.39 is 0 Å². The first-order chi connectivity index (χ1) is 8.88. The lowest BCUT2D eigenvalue weighted by molar-refractivity contribution is 0.103. The minimum absolute atomic E-state index is 0.137. The van der Waals surface area contributed by atoms with Gasteiger partial charge in [0.1, 0.15) is 5.82 Å². The van der Waals surface area contributed by atoms with E-state index in [1.54, 1.807) is 44.2 Å².